The zero-order valence-electron chi connectivity index (χ0n) is 14.2. The van der Waals surface area contributed by atoms with Gasteiger partial charge < -0.3 is 4.90 Å². The standard InChI is InChI=1S/C19H30ClN/c1-14-10-15(2)12-21(11-14)13-18(20)16-6-8-17(9-7-16)19(3,4)5/h6-9,14-15,18H,10-13H2,1-5H3. The van der Waals surface area contributed by atoms with Crippen LogP contribution in [0.5, 0.6) is 0 Å². The topological polar surface area (TPSA) is 3.24 Å². The van der Waals surface area contributed by atoms with Gasteiger partial charge in [0.25, 0.3) is 0 Å². The van der Waals surface area contributed by atoms with E-state index in [0.717, 1.165) is 18.4 Å². The Labute approximate surface area is 135 Å². The summed E-state index contributed by atoms with van der Waals surface area (Å²) in [5.41, 5.74) is 2.82. The van der Waals surface area contributed by atoms with E-state index in [0.29, 0.717) is 0 Å². The van der Waals surface area contributed by atoms with E-state index in [9.17, 15) is 0 Å². The van der Waals surface area contributed by atoms with E-state index >= 15 is 0 Å². The molecule has 1 aliphatic rings. The number of alkyl halides is 1. The van der Waals surface area contributed by atoms with Crippen molar-refractivity contribution < 1.29 is 0 Å². The molecule has 1 saturated heterocycles. The number of hydrogen-bond acceptors (Lipinski definition) is 1. The molecular weight excluding hydrogens is 278 g/mol. The number of rotatable bonds is 3. The smallest absolute Gasteiger partial charge is 0.0712 e. The third-order valence-electron chi connectivity index (χ3n) is 4.50. The van der Waals surface area contributed by atoms with Crippen LogP contribution in [0, 0.1) is 11.8 Å². The molecule has 1 aromatic carbocycles. The average molecular weight is 308 g/mol. The summed E-state index contributed by atoms with van der Waals surface area (Å²) in [5.74, 6) is 1.58. The van der Waals surface area contributed by atoms with Crippen molar-refractivity contribution in [2.45, 2.75) is 51.8 Å². The van der Waals surface area contributed by atoms with Gasteiger partial charge in [-0.15, -0.1) is 11.6 Å². The van der Waals surface area contributed by atoms with E-state index in [4.69, 9.17) is 11.6 Å². The minimum Gasteiger partial charge on any atom is -0.301 e. The third-order valence-corrected chi connectivity index (χ3v) is 4.89. The Balaban J connectivity index is 1.98. The molecule has 1 fully saturated rings. The van der Waals surface area contributed by atoms with Crippen LogP contribution in [0.25, 0.3) is 0 Å². The summed E-state index contributed by atoms with van der Waals surface area (Å²) >= 11 is 6.66. The molecule has 0 aliphatic carbocycles. The lowest BCUT2D eigenvalue weighted by Crippen LogP contribution is -2.40. The lowest BCUT2D eigenvalue weighted by Gasteiger charge is -2.36. The molecule has 3 atom stereocenters. The van der Waals surface area contributed by atoms with Gasteiger partial charge in [0.2, 0.25) is 0 Å². The largest absolute Gasteiger partial charge is 0.301 e. The van der Waals surface area contributed by atoms with Crippen LogP contribution in [0.2, 0.25) is 0 Å². The lowest BCUT2D eigenvalue weighted by atomic mass is 9.86. The summed E-state index contributed by atoms with van der Waals surface area (Å²) in [6.45, 7) is 14.8. The van der Waals surface area contributed by atoms with E-state index < -0.39 is 0 Å². The van der Waals surface area contributed by atoms with Gasteiger partial charge in [0.15, 0.2) is 0 Å². The molecule has 1 aliphatic heterocycles. The molecule has 0 N–H and O–H groups in total. The van der Waals surface area contributed by atoms with Crippen LogP contribution in [0.3, 0.4) is 0 Å². The first-order valence-electron chi connectivity index (χ1n) is 8.22. The number of hydrogen-bond donors (Lipinski definition) is 0. The van der Waals surface area contributed by atoms with Crippen LogP contribution in [0.15, 0.2) is 24.3 Å². The minimum absolute atomic E-state index is 0.0940. The zero-order valence-corrected chi connectivity index (χ0v) is 15.0. The molecule has 3 unspecified atom stereocenters. The highest BCUT2D eigenvalue weighted by molar-refractivity contribution is 6.21. The number of likely N-dealkylation sites (tertiary alicyclic amines) is 1. The predicted molar refractivity (Wildman–Crippen MR) is 93.1 cm³/mol. The zero-order chi connectivity index (χ0) is 15.6. The second-order valence-corrected chi connectivity index (χ2v) is 8.53. The Morgan fingerprint density at radius 1 is 1.10 bits per heavy atom. The van der Waals surface area contributed by atoms with Crippen molar-refractivity contribution in [2.75, 3.05) is 19.6 Å². The van der Waals surface area contributed by atoms with Gasteiger partial charge in [0.1, 0.15) is 0 Å². The molecule has 2 rings (SSSR count). The van der Waals surface area contributed by atoms with Gasteiger partial charge >= 0.3 is 0 Å². The Bertz CT molecular complexity index is 436. The number of halogens is 1. The van der Waals surface area contributed by atoms with Crippen molar-refractivity contribution in [3.63, 3.8) is 0 Å². The predicted octanol–water partition coefficient (Wildman–Crippen LogP) is 5.24. The van der Waals surface area contributed by atoms with Crippen LogP contribution in [-0.4, -0.2) is 24.5 Å². The molecule has 1 aromatic rings. The van der Waals surface area contributed by atoms with Crippen LogP contribution >= 0.6 is 11.6 Å². The van der Waals surface area contributed by atoms with Crippen molar-refractivity contribution in [2.24, 2.45) is 11.8 Å². The fraction of sp³-hybridized carbons (Fsp3) is 0.684. The maximum Gasteiger partial charge on any atom is 0.0712 e. The fourth-order valence-electron chi connectivity index (χ4n) is 3.47. The summed E-state index contributed by atoms with van der Waals surface area (Å²) in [7, 11) is 0. The summed E-state index contributed by atoms with van der Waals surface area (Å²) < 4.78 is 0. The van der Waals surface area contributed by atoms with Crippen LogP contribution < -0.4 is 0 Å². The Morgan fingerprint density at radius 3 is 2.10 bits per heavy atom. The molecule has 1 nitrogen and oxygen atoms in total. The van der Waals surface area contributed by atoms with Crippen molar-refractivity contribution in [1.29, 1.82) is 0 Å². The number of piperidine rings is 1. The van der Waals surface area contributed by atoms with Crippen molar-refractivity contribution in [1.82, 2.24) is 4.90 Å². The minimum atomic E-state index is 0.0940. The van der Waals surface area contributed by atoms with E-state index in [-0.39, 0.29) is 10.8 Å². The fourth-order valence-corrected chi connectivity index (χ4v) is 3.81. The van der Waals surface area contributed by atoms with Gasteiger partial charge in [-0.25, -0.2) is 0 Å². The van der Waals surface area contributed by atoms with E-state index in [1.54, 1.807) is 0 Å². The van der Waals surface area contributed by atoms with Crippen LogP contribution in [-0.2, 0) is 5.41 Å². The maximum absolute atomic E-state index is 6.66. The second-order valence-electron chi connectivity index (χ2n) is 8.00. The molecule has 0 amide bonds. The molecule has 0 aromatic heterocycles. The first-order chi connectivity index (χ1) is 9.75. The van der Waals surface area contributed by atoms with Crippen LogP contribution in [0.4, 0.5) is 0 Å². The summed E-state index contributed by atoms with van der Waals surface area (Å²) in [4.78, 5) is 2.54. The van der Waals surface area contributed by atoms with Gasteiger partial charge in [0, 0.05) is 19.6 Å². The Hall–Kier alpha value is -0.530. The maximum atomic E-state index is 6.66. The summed E-state index contributed by atoms with van der Waals surface area (Å²) in [5, 5.41) is 0.0940. The lowest BCUT2D eigenvalue weighted by molar-refractivity contribution is 0.141. The van der Waals surface area contributed by atoms with E-state index in [1.165, 1.54) is 30.6 Å². The van der Waals surface area contributed by atoms with Gasteiger partial charge in [-0.05, 0) is 34.8 Å². The normalized spacial score (nSPS) is 25.8. The summed E-state index contributed by atoms with van der Waals surface area (Å²) in [6, 6.07) is 8.86. The molecule has 1 heterocycles. The summed E-state index contributed by atoms with van der Waals surface area (Å²) in [6.07, 6.45) is 1.35. The molecule has 118 valence electrons. The molecule has 0 saturated carbocycles. The molecule has 0 radical (unpaired) electrons. The number of nitrogens with zero attached hydrogens (tertiary/aromatic N) is 1. The van der Waals surface area contributed by atoms with Gasteiger partial charge in [-0.2, -0.15) is 0 Å². The van der Waals surface area contributed by atoms with Gasteiger partial charge in [0.05, 0.1) is 5.38 Å². The molecule has 0 bridgehead atoms. The van der Waals surface area contributed by atoms with Crippen molar-refractivity contribution >= 4 is 11.6 Å². The first kappa shape index (κ1) is 16.8. The highest BCUT2D eigenvalue weighted by atomic mass is 35.5. The SMILES string of the molecule is CC1CC(C)CN(CC(Cl)c2ccc(C(C)(C)C)cc2)C1. The second kappa shape index (κ2) is 6.71. The quantitative estimate of drug-likeness (QED) is 0.690. The van der Waals surface area contributed by atoms with Gasteiger partial charge in [-0.1, -0.05) is 58.9 Å². The molecular formula is C19H30ClN. The van der Waals surface area contributed by atoms with Gasteiger partial charge in [-0.3, -0.25) is 0 Å². The highest BCUT2D eigenvalue weighted by Gasteiger charge is 2.24. The van der Waals surface area contributed by atoms with Crippen molar-refractivity contribution in [3.05, 3.63) is 35.4 Å². The highest BCUT2D eigenvalue weighted by Crippen LogP contribution is 2.29. The van der Waals surface area contributed by atoms with E-state index in [1.807, 2.05) is 0 Å². The van der Waals surface area contributed by atoms with Crippen LogP contribution in [0.1, 0.15) is 57.5 Å². The number of benzene rings is 1. The average Bonchev–Trinajstić information content (AvgIpc) is 2.36. The Morgan fingerprint density at radius 2 is 1.62 bits per heavy atom. The molecule has 21 heavy (non-hydrogen) atoms. The van der Waals surface area contributed by atoms with Crippen molar-refractivity contribution in [3.8, 4) is 0 Å². The molecule has 0 spiro atoms. The molecule has 2 heteroatoms. The Kier molecular flexibility index (Phi) is 5.38. The third kappa shape index (κ3) is 4.72. The first-order valence-corrected chi connectivity index (χ1v) is 8.66. The van der Waals surface area contributed by atoms with E-state index in [2.05, 4.69) is 63.8 Å². The monoisotopic (exact) mass is 307 g/mol.